The monoisotopic (exact) mass is 298 g/mol. The molecule has 0 unspecified atom stereocenters. The van der Waals surface area contributed by atoms with Crippen molar-refractivity contribution >= 4 is 58.3 Å². The van der Waals surface area contributed by atoms with Crippen LogP contribution < -0.4 is 11.5 Å². The van der Waals surface area contributed by atoms with Gasteiger partial charge in [-0.1, -0.05) is 14.2 Å². The smallest absolute Gasteiger partial charge is 0.415 e. The molecule has 2 nitrogen and oxygen atoms in total. The molecule has 0 spiro atoms. The Bertz CT molecular complexity index is 120. The summed E-state index contributed by atoms with van der Waals surface area (Å²) < 4.78 is 0.167. The van der Waals surface area contributed by atoms with Crippen molar-refractivity contribution in [1.29, 1.82) is 0 Å². The Balaban J connectivity index is -0.0000000450. The average molecular weight is 299 g/mol. The van der Waals surface area contributed by atoms with Crippen LogP contribution >= 0.6 is 24.4 Å². The summed E-state index contributed by atoms with van der Waals surface area (Å²) in [5.74, 6) is 0. The minimum absolute atomic E-state index is 0. The van der Waals surface area contributed by atoms with Gasteiger partial charge in [0, 0.05) is 0 Å². The van der Waals surface area contributed by atoms with Crippen molar-refractivity contribution in [3.05, 3.63) is 12.2 Å². The third kappa shape index (κ3) is 6620. The maximum Gasteiger partial charge on any atom is 2.00 e. The van der Waals surface area contributed by atoms with E-state index in [9.17, 15) is 0 Å². The van der Waals surface area contributed by atoms with Gasteiger partial charge in [-0.25, -0.2) is 0 Å². The summed E-state index contributed by atoms with van der Waals surface area (Å²) in [6.07, 6.45) is 0. The molecule has 0 heterocycles. The summed E-state index contributed by atoms with van der Waals surface area (Å²) in [4.78, 5) is 0. The third-order valence-electron chi connectivity index (χ3n) is 0. The molecule has 0 amide bonds. The largest absolute Gasteiger partial charge is 2.00 e. The molecule has 0 aromatic carbocycles. The Hall–Kier alpha value is 0.454. The van der Waals surface area contributed by atoms with Crippen LogP contribution in [0.25, 0.3) is 0 Å². The molecular formula is C6H12N2NiS4. The maximum absolute atomic E-state index is 4.66. The quantitative estimate of drug-likeness (QED) is 0.303. The number of hydrogen-bond acceptors (Lipinski definition) is 4. The number of hydrogen-bond donors (Lipinski definition) is 2. The van der Waals surface area contributed by atoms with Gasteiger partial charge in [0.2, 0.25) is 0 Å². The first kappa shape index (κ1) is 23.3. The van der Waals surface area contributed by atoms with E-state index in [1.807, 2.05) is 13.8 Å². The standard InChI is InChI=1S/C4H8.2CH3NS2.Ni/c1-4(2)3;2*2-1(3)4;/h1H2,2-3H3;2*(H3,2,3,4);/q;;;+2/p-2. The molecule has 0 atom stereocenters. The molecule has 0 aliphatic heterocycles. The molecule has 0 fully saturated rings. The van der Waals surface area contributed by atoms with Crippen LogP contribution in [0.4, 0.5) is 0 Å². The summed E-state index contributed by atoms with van der Waals surface area (Å²) >= 11 is 16.5. The van der Waals surface area contributed by atoms with Gasteiger partial charge in [0.15, 0.2) is 0 Å². The first-order valence-corrected chi connectivity index (χ1v) is 4.38. The van der Waals surface area contributed by atoms with E-state index in [0.29, 0.717) is 0 Å². The zero-order valence-corrected chi connectivity index (χ0v) is 11.6. The van der Waals surface area contributed by atoms with Gasteiger partial charge in [-0.15, -0.1) is 6.58 Å². The van der Waals surface area contributed by atoms with Crippen molar-refractivity contribution in [2.75, 3.05) is 0 Å². The van der Waals surface area contributed by atoms with Gasteiger partial charge in [0.05, 0.1) is 0 Å². The van der Waals surface area contributed by atoms with Crippen LogP contribution in [-0.4, -0.2) is 8.64 Å². The molecule has 7 heteroatoms. The van der Waals surface area contributed by atoms with E-state index >= 15 is 0 Å². The summed E-state index contributed by atoms with van der Waals surface area (Å²) in [6.45, 7) is 7.50. The predicted octanol–water partition coefficient (Wildman–Crippen LogP) is 1.13. The Morgan fingerprint density at radius 1 is 1.08 bits per heavy atom. The SMILES string of the molecule is C=C(C)C.NC(=S)[S-].NC(=S)[S-].[Ni+2]. The second kappa shape index (κ2) is 18.3. The van der Waals surface area contributed by atoms with Crippen LogP contribution in [0.5, 0.6) is 0 Å². The van der Waals surface area contributed by atoms with E-state index in [4.69, 9.17) is 0 Å². The van der Waals surface area contributed by atoms with Crippen molar-refractivity contribution < 1.29 is 16.5 Å². The molecule has 0 aliphatic rings. The first-order chi connectivity index (χ1) is 5.20. The third-order valence-corrected chi connectivity index (χ3v) is 0. The maximum atomic E-state index is 4.66. The molecule has 0 bridgehead atoms. The molecule has 0 radical (unpaired) electrons. The van der Waals surface area contributed by atoms with E-state index in [0.717, 1.165) is 0 Å². The van der Waals surface area contributed by atoms with Crippen LogP contribution in [0, 0.1) is 0 Å². The molecule has 80 valence electrons. The van der Waals surface area contributed by atoms with Gasteiger partial charge < -0.3 is 61.2 Å². The molecule has 4 N–H and O–H groups in total. The summed E-state index contributed by atoms with van der Waals surface area (Å²) in [5, 5.41) is 0. The molecule has 0 rings (SSSR count). The van der Waals surface area contributed by atoms with E-state index in [1.54, 1.807) is 0 Å². The summed E-state index contributed by atoms with van der Waals surface area (Å²) in [5.41, 5.74) is 10.5. The average Bonchev–Trinajstić information content (AvgIpc) is 1.54. The minimum atomic E-state index is 0. The van der Waals surface area contributed by atoms with Crippen LogP contribution in [0.3, 0.4) is 0 Å². The van der Waals surface area contributed by atoms with Crippen LogP contribution in [-0.2, 0) is 41.7 Å². The summed E-state index contributed by atoms with van der Waals surface area (Å²) in [6, 6.07) is 0. The Morgan fingerprint density at radius 2 is 1.08 bits per heavy atom. The van der Waals surface area contributed by atoms with E-state index in [-0.39, 0.29) is 25.1 Å². The molecule has 13 heavy (non-hydrogen) atoms. The first-order valence-electron chi connectivity index (χ1n) is 2.75. The van der Waals surface area contributed by atoms with Gasteiger partial charge in [-0.05, 0) is 13.8 Å². The van der Waals surface area contributed by atoms with Gasteiger partial charge in [-0.3, -0.25) is 0 Å². The zero-order valence-electron chi connectivity index (χ0n) is 7.31. The van der Waals surface area contributed by atoms with Gasteiger partial charge >= 0.3 is 16.5 Å². The molecule has 0 aromatic heterocycles. The molecule has 0 aliphatic carbocycles. The van der Waals surface area contributed by atoms with Crippen LogP contribution in [0.1, 0.15) is 13.8 Å². The molecule has 0 aromatic rings. The second-order valence-corrected chi connectivity index (χ2v) is 4.12. The Kier molecular flexibility index (Phi) is 32.8. The number of thiocarbonyl (C=S) groups is 2. The van der Waals surface area contributed by atoms with Crippen molar-refractivity contribution in [3.63, 3.8) is 0 Å². The van der Waals surface area contributed by atoms with Crippen LogP contribution in [0.2, 0.25) is 0 Å². The number of rotatable bonds is 0. The molecule has 0 saturated heterocycles. The fourth-order valence-electron chi connectivity index (χ4n) is 0. The van der Waals surface area contributed by atoms with Crippen molar-refractivity contribution in [1.82, 2.24) is 0 Å². The summed E-state index contributed by atoms with van der Waals surface area (Å²) in [7, 11) is 0. The van der Waals surface area contributed by atoms with Gasteiger partial charge in [-0.2, -0.15) is 0 Å². The Morgan fingerprint density at radius 3 is 1.08 bits per heavy atom. The number of nitrogens with two attached hydrogens (primary N) is 2. The van der Waals surface area contributed by atoms with Crippen molar-refractivity contribution in [3.8, 4) is 0 Å². The van der Waals surface area contributed by atoms with Gasteiger partial charge in [0.1, 0.15) is 0 Å². The van der Waals surface area contributed by atoms with E-state index in [2.05, 4.69) is 67.7 Å². The predicted molar refractivity (Wildman–Crippen MR) is 68.8 cm³/mol. The van der Waals surface area contributed by atoms with Crippen molar-refractivity contribution in [2.24, 2.45) is 11.5 Å². The molecular weight excluding hydrogens is 287 g/mol. The normalized spacial score (nSPS) is 5.69. The fraction of sp³-hybridized carbons (Fsp3) is 0.333. The number of allylic oxidation sites excluding steroid dienone is 1. The minimum Gasteiger partial charge on any atom is -0.415 e. The van der Waals surface area contributed by atoms with Gasteiger partial charge in [0.25, 0.3) is 0 Å². The molecule has 0 saturated carbocycles. The zero-order chi connectivity index (χ0) is 10.7. The van der Waals surface area contributed by atoms with E-state index in [1.165, 1.54) is 5.57 Å². The topological polar surface area (TPSA) is 52.0 Å². The van der Waals surface area contributed by atoms with Crippen LogP contribution in [0.15, 0.2) is 12.2 Å². The second-order valence-electron chi connectivity index (χ2n) is 1.85. The van der Waals surface area contributed by atoms with E-state index < -0.39 is 0 Å². The fourth-order valence-corrected chi connectivity index (χ4v) is 0. The van der Waals surface area contributed by atoms with Crippen molar-refractivity contribution in [2.45, 2.75) is 13.8 Å². The Labute approximate surface area is 112 Å².